The summed E-state index contributed by atoms with van der Waals surface area (Å²) in [4.78, 5) is 3.78. The van der Waals surface area contributed by atoms with E-state index in [1.807, 2.05) is 0 Å². The van der Waals surface area contributed by atoms with Crippen LogP contribution in [0.15, 0.2) is 41.0 Å². The van der Waals surface area contributed by atoms with E-state index in [-0.39, 0.29) is 27.9 Å². The molecule has 1 heterocycles. The molecule has 0 fully saturated rings. The maximum absolute atomic E-state index is 13.2. The van der Waals surface area contributed by atoms with Crippen LogP contribution in [0, 0.1) is 0 Å². The first-order chi connectivity index (χ1) is 9.70. The number of alkyl halides is 3. The first-order valence-corrected chi connectivity index (χ1v) is 6.31. The number of fused-ring (bicyclic) bond motifs is 1. The molecule has 21 heavy (non-hydrogen) atoms. The number of rotatable bonds is 2. The van der Waals surface area contributed by atoms with E-state index in [0.29, 0.717) is 5.56 Å². The van der Waals surface area contributed by atoms with Crippen molar-refractivity contribution in [3.8, 4) is 5.75 Å². The topological polar surface area (TPSA) is 47.6 Å². The fourth-order valence-corrected chi connectivity index (χ4v) is 2.16. The van der Waals surface area contributed by atoms with Crippen LogP contribution in [-0.4, -0.2) is 18.1 Å². The lowest BCUT2D eigenvalue weighted by molar-refractivity contribution is -0.183. The van der Waals surface area contributed by atoms with Gasteiger partial charge in [-0.2, -0.15) is 13.2 Å². The van der Waals surface area contributed by atoms with Gasteiger partial charge in [0.1, 0.15) is 5.75 Å². The molecule has 0 bridgehead atoms. The van der Waals surface area contributed by atoms with Gasteiger partial charge < -0.3 is 10.5 Å². The van der Waals surface area contributed by atoms with Crippen molar-refractivity contribution < 1.29 is 17.9 Å². The Balaban J connectivity index is 2.57. The van der Waals surface area contributed by atoms with Gasteiger partial charge in [0.15, 0.2) is 0 Å². The van der Waals surface area contributed by atoms with Crippen LogP contribution in [0.1, 0.15) is 12.5 Å². The molecule has 3 nitrogen and oxygen atoms in total. The van der Waals surface area contributed by atoms with Gasteiger partial charge in [0, 0.05) is 11.1 Å². The van der Waals surface area contributed by atoms with E-state index in [1.165, 1.54) is 25.1 Å². The number of nitrogens with two attached hydrogens (primary N) is 1. The predicted molar refractivity (Wildman–Crippen MR) is 76.3 cm³/mol. The number of hydrogen-bond acceptors (Lipinski definition) is 2. The highest BCUT2D eigenvalue weighted by molar-refractivity contribution is 6.32. The number of hydrogen-bond donors (Lipinski definition) is 1. The molecule has 2 rings (SSSR count). The van der Waals surface area contributed by atoms with E-state index in [0.717, 1.165) is 0 Å². The van der Waals surface area contributed by atoms with Gasteiger partial charge in [-0.25, -0.2) is 4.99 Å². The SMILES string of the molecule is C=C(N=C(C)N)C1=Cc2c(Cl)cccc2OC1C(F)(F)F. The summed E-state index contributed by atoms with van der Waals surface area (Å²) >= 11 is 5.98. The smallest absolute Gasteiger partial charge is 0.429 e. The van der Waals surface area contributed by atoms with Crippen molar-refractivity contribution in [3.63, 3.8) is 0 Å². The van der Waals surface area contributed by atoms with Crippen LogP contribution < -0.4 is 10.5 Å². The predicted octanol–water partition coefficient (Wildman–Crippen LogP) is 3.94. The Bertz CT molecular complexity index is 646. The Kier molecular flexibility index (Phi) is 4.00. The highest BCUT2D eigenvalue weighted by Crippen LogP contribution is 2.41. The van der Waals surface area contributed by atoms with Crippen LogP contribution in [0.3, 0.4) is 0 Å². The zero-order valence-corrected chi connectivity index (χ0v) is 11.8. The quantitative estimate of drug-likeness (QED) is 0.663. The van der Waals surface area contributed by atoms with Gasteiger partial charge in [-0.05, 0) is 25.1 Å². The van der Waals surface area contributed by atoms with Gasteiger partial charge in [-0.15, -0.1) is 0 Å². The fourth-order valence-electron chi connectivity index (χ4n) is 1.94. The molecule has 0 aromatic heterocycles. The van der Waals surface area contributed by atoms with Gasteiger partial charge >= 0.3 is 6.18 Å². The summed E-state index contributed by atoms with van der Waals surface area (Å²) in [6.45, 7) is 4.98. The highest BCUT2D eigenvalue weighted by atomic mass is 35.5. The van der Waals surface area contributed by atoms with Crippen molar-refractivity contribution >= 4 is 23.5 Å². The van der Waals surface area contributed by atoms with Crippen LogP contribution in [-0.2, 0) is 0 Å². The molecule has 2 N–H and O–H groups in total. The Labute approximate surface area is 124 Å². The lowest BCUT2D eigenvalue weighted by atomic mass is 9.99. The summed E-state index contributed by atoms with van der Waals surface area (Å²) in [5.41, 5.74) is 5.43. The van der Waals surface area contributed by atoms with E-state index in [9.17, 15) is 13.2 Å². The molecule has 112 valence electrons. The molecule has 1 aromatic carbocycles. The standard InChI is InChI=1S/C14H12ClF3N2O/c1-7(20-8(2)19)9-6-10-11(15)4-3-5-12(10)21-13(9)14(16,17)18/h3-6,13H,1H2,2H3,(H2,19,20). The Morgan fingerprint density at radius 3 is 2.67 bits per heavy atom. The molecule has 1 aliphatic rings. The van der Waals surface area contributed by atoms with E-state index in [1.54, 1.807) is 6.07 Å². The summed E-state index contributed by atoms with van der Waals surface area (Å²) < 4.78 is 44.5. The van der Waals surface area contributed by atoms with Crippen LogP contribution in [0.25, 0.3) is 6.08 Å². The lowest BCUT2D eigenvalue weighted by Crippen LogP contribution is -2.38. The van der Waals surface area contributed by atoms with Crippen LogP contribution in [0.4, 0.5) is 13.2 Å². The molecule has 1 unspecified atom stereocenters. The van der Waals surface area contributed by atoms with E-state index >= 15 is 0 Å². The summed E-state index contributed by atoms with van der Waals surface area (Å²) in [6, 6.07) is 4.50. The number of nitrogens with zero attached hydrogens (tertiary/aromatic N) is 1. The summed E-state index contributed by atoms with van der Waals surface area (Å²) in [5.74, 6) is 0.168. The second-order valence-corrected chi connectivity index (χ2v) is 4.90. The summed E-state index contributed by atoms with van der Waals surface area (Å²) in [6.07, 6.45) is -5.47. The zero-order chi connectivity index (χ0) is 15.8. The molecule has 1 aromatic rings. The molecule has 1 aliphatic heterocycles. The Hall–Kier alpha value is -1.95. The third-order valence-electron chi connectivity index (χ3n) is 2.78. The van der Waals surface area contributed by atoms with E-state index < -0.39 is 12.3 Å². The van der Waals surface area contributed by atoms with Crippen LogP contribution in [0.2, 0.25) is 5.02 Å². The molecular weight excluding hydrogens is 305 g/mol. The molecule has 0 amide bonds. The molecular formula is C14H12ClF3N2O. The highest BCUT2D eigenvalue weighted by Gasteiger charge is 2.47. The zero-order valence-electron chi connectivity index (χ0n) is 11.0. The second kappa shape index (κ2) is 5.44. The van der Waals surface area contributed by atoms with Crippen molar-refractivity contribution in [1.29, 1.82) is 0 Å². The van der Waals surface area contributed by atoms with Crippen molar-refractivity contribution in [2.24, 2.45) is 10.7 Å². The Morgan fingerprint density at radius 1 is 1.43 bits per heavy atom. The van der Waals surface area contributed by atoms with E-state index in [4.69, 9.17) is 22.1 Å². The lowest BCUT2D eigenvalue weighted by Gasteiger charge is -2.29. The molecule has 0 radical (unpaired) electrons. The Morgan fingerprint density at radius 2 is 2.10 bits per heavy atom. The molecule has 0 saturated heterocycles. The average molecular weight is 317 g/mol. The van der Waals surface area contributed by atoms with Crippen LogP contribution in [0.5, 0.6) is 5.75 Å². The van der Waals surface area contributed by atoms with Gasteiger partial charge in [0.2, 0.25) is 6.10 Å². The molecule has 0 saturated carbocycles. The number of halogens is 4. The first kappa shape index (κ1) is 15.4. The minimum Gasteiger partial charge on any atom is -0.475 e. The maximum atomic E-state index is 13.2. The minimum absolute atomic E-state index is 0.0647. The van der Waals surface area contributed by atoms with Crippen LogP contribution >= 0.6 is 11.6 Å². The number of amidine groups is 1. The molecule has 7 heteroatoms. The first-order valence-electron chi connectivity index (χ1n) is 5.93. The van der Waals surface area contributed by atoms with Gasteiger partial charge in [-0.1, -0.05) is 24.2 Å². The summed E-state index contributed by atoms with van der Waals surface area (Å²) in [5, 5.41) is 0.284. The average Bonchev–Trinajstić information content (AvgIpc) is 2.36. The van der Waals surface area contributed by atoms with Gasteiger partial charge in [0.05, 0.1) is 16.6 Å². The fraction of sp³-hybridized carbons (Fsp3) is 0.214. The number of benzene rings is 1. The maximum Gasteiger partial charge on any atom is 0.429 e. The third-order valence-corrected chi connectivity index (χ3v) is 3.11. The minimum atomic E-state index is -4.60. The largest absolute Gasteiger partial charge is 0.475 e. The molecule has 1 atom stereocenters. The van der Waals surface area contributed by atoms with Gasteiger partial charge in [-0.3, -0.25) is 0 Å². The number of ether oxygens (including phenoxy) is 1. The van der Waals surface area contributed by atoms with Gasteiger partial charge in [0.25, 0.3) is 0 Å². The van der Waals surface area contributed by atoms with Crippen molar-refractivity contribution in [2.75, 3.05) is 0 Å². The third kappa shape index (κ3) is 3.21. The monoisotopic (exact) mass is 316 g/mol. The summed E-state index contributed by atoms with van der Waals surface area (Å²) in [7, 11) is 0. The normalized spacial score (nSPS) is 18.6. The molecule has 0 spiro atoms. The van der Waals surface area contributed by atoms with Crippen molar-refractivity contribution in [3.05, 3.63) is 46.6 Å². The van der Waals surface area contributed by atoms with Crippen molar-refractivity contribution in [1.82, 2.24) is 0 Å². The van der Waals surface area contributed by atoms with Crippen molar-refractivity contribution in [2.45, 2.75) is 19.2 Å². The number of aliphatic imine (C=N–C) groups is 1. The molecule has 0 aliphatic carbocycles. The van der Waals surface area contributed by atoms with E-state index in [2.05, 4.69) is 11.6 Å². The second-order valence-electron chi connectivity index (χ2n) is 4.49.